The molecule has 0 saturated carbocycles. The van der Waals surface area contributed by atoms with Gasteiger partial charge in [-0.1, -0.05) is 6.42 Å². The number of rotatable bonds is 3. The van der Waals surface area contributed by atoms with Gasteiger partial charge in [0.1, 0.15) is 18.1 Å². The van der Waals surface area contributed by atoms with Crippen LogP contribution >= 0.6 is 0 Å². The molecule has 2 heterocycles. The van der Waals surface area contributed by atoms with Gasteiger partial charge in [0.2, 0.25) is 0 Å². The average molecular weight is 245 g/mol. The van der Waals surface area contributed by atoms with Gasteiger partial charge in [-0.3, -0.25) is 9.63 Å². The molecule has 0 radical (unpaired) electrons. The van der Waals surface area contributed by atoms with Crippen LogP contribution in [0.5, 0.6) is 0 Å². The summed E-state index contributed by atoms with van der Waals surface area (Å²) in [6.07, 6.45) is 1.17. The summed E-state index contributed by atoms with van der Waals surface area (Å²) in [5, 5.41) is 20.5. The summed E-state index contributed by atoms with van der Waals surface area (Å²) in [5.74, 6) is -0.889. The number of hydroxylamine groups is 2. The number of carbonyl (C=O) groups is 1. The zero-order valence-electron chi connectivity index (χ0n) is 9.91. The molecule has 2 fully saturated rings. The molecule has 0 spiro atoms. The van der Waals surface area contributed by atoms with Crippen molar-refractivity contribution in [3.63, 3.8) is 0 Å². The number of methoxy groups -OCH3 is 1. The minimum Gasteiger partial charge on any atom is -0.469 e. The number of fused-ring (bicyclic) bond motifs is 1. The maximum atomic E-state index is 11.8. The Bertz CT molecular complexity index is 285. The van der Waals surface area contributed by atoms with Crippen LogP contribution < -0.4 is 0 Å². The molecule has 0 aromatic heterocycles. The van der Waals surface area contributed by atoms with Crippen molar-refractivity contribution < 1.29 is 24.6 Å². The number of esters is 1. The Morgan fingerprint density at radius 1 is 1.59 bits per heavy atom. The number of piperidine rings is 1. The summed E-state index contributed by atoms with van der Waals surface area (Å²) in [5.41, 5.74) is 0. The second-order valence-electron chi connectivity index (χ2n) is 4.57. The zero-order valence-corrected chi connectivity index (χ0v) is 9.91. The molecule has 0 aromatic carbocycles. The van der Waals surface area contributed by atoms with E-state index in [1.54, 1.807) is 5.06 Å². The van der Waals surface area contributed by atoms with Crippen molar-refractivity contribution in [2.24, 2.45) is 5.92 Å². The van der Waals surface area contributed by atoms with Crippen LogP contribution in [0.1, 0.15) is 19.3 Å². The quantitative estimate of drug-likeness (QED) is 0.640. The molecule has 0 unspecified atom stereocenters. The highest BCUT2D eigenvalue weighted by Crippen LogP contribution is 2.36. The predicted molar refractivity (Wildman–Crippen MR) is 57.8 cm³/mol. The van der Waals surface area contributed by atoms with E-state index in [0.29, 0.717) is 0 Å². The molecule has 2 saturated heterocycles. The van der Waals surface area contributed by atoms with Crippen molar-refractivity contribution in [1.82, 2.24) is 5.06 Å². The molecule has 17 heavy (non-hydrogen) atoms. The van der Waals surface area contributed by atoms with Crippen molar-refractivity contribution in [2.75, 3.05) is 20.3 Å². The smallest absolute Gasteiger partial charge is 0.313 e. The van der Waals surface area contributed by atoms with E-state index in [-0.39, 0.29) is 12.0 Å². The third-order valence-corrected chi connectivity index (χ3v) is 3.56. The van der Waals surface area contributed by atoms with Crippen LogP contribution in [-0.2, 0) is 14.4 Å². The lowest BCUT2D eigenvalue weighted by atomic mass is 9.87. The second kappa shape index (κ2) is 5.30. The number of carbonyl (C=O) groups excluding carboxylic acids is 1. The number of aliphatic hydroxyl groups excluding tert-OH is 2. The largest absolute Gasteiger partial charge is 0.469 e. The van der Waals surface area contributed by atoms with Gasteiger partial charge in [0.15, 0.2) is 0 Å². The summed E-state index contributed by atoms with van der Waals surface area (Å²) in [6.45, 7) is 0.339. The van der Waals surface area contributed by atoms with Crippen LogP contribution in [-0.4, -0.2) is 59.8 Å². The number of ether oxygens (including phenoxy) is 1. The maximum absolute atomic E-state index is 11.8. The van der Waals surface area contributed by atoms with Gasteiger partial charge >= 0.3 is 5.97 Å². The molecule has 6 nitrogen and oxygen atoms in total. The van der Waals surface area contributed by atoms with Crippen molar-refractivity contribution in [1.29, 1.82) is 0 Å². The normalized spacial score (nSPS) is 35.4. The summed E-state index contributed by atoms with van der Waals surface area (Å²) >= 11 is 0. The van der Waals surface area contributed by atoms with Crippen LogP contribution in [0.15, 0.2) is 0 Å². The van der Waals surface area contributed by atoms with Gasteiger partial charge in [-0.15, -0.1) is 0 Å². The highest BCUT2D eigenvalue weighted by atomic mass is 16.7. The maximum Gasteiger partial charge on any atom is 0.313 e. The third-order valence-electron chi connectivity index (χ3n) is 3.56. The average Bonchev–Trinajstić information content (AvgIpc) is 2.76. The van der Waals surface area contributed by atoms with E-state index in [2.05, 4.69) is 0 Å². The van der Waals surface area contributed by atoms with Crippen molar-refractivity contribution in [2.45, 2.75) is 37.5 Å². The van der Waals surface area contributed by atoms with Gasteiger partial charge in [-0.05, 0) is 12.8 Å². The summed E-state index contributed by atoms with van der Waals surface area (Å²) in [7, 11) is 1.33. The Morgan fingerprint density at radius 3 is 3.00 bits per heavy atom. The number of hydrogen-bond acceptors (Lipinski definition) is 6. The summed E-state index contributed by atoms with van der Waals surface area (Å²) in [4.78, 5) is 17.4. The topological polar surface area (TPSA) is 79.2 Å². The number of hydrogen-bond donors (Lipinski definition) is 2. The van der Waals surface area contributed by atoms with Gasteiger partial charge < -0.3 is 14.9 Å². The molecule has 0 amide bonds. The van der Waals surface area contributed by atoms with Crippen LogP contribution in [0.2, 0.25) is 0 Å². The Balaban J connectivity index is 2.17. The van der Waals surface area contributed by atoms with E-state index in [4.69, 9.17) is 14.7 Å². The van der Waals surface area contributed by atoms with Gasteiger partial charge in [0.25, 0.3) is 0 Å². The molecule has 4 atom stereocenters. The summed E-state index contributed by atoms with van der Waals surface area (Å²) < 4.78 is 4.77. The second-order valence-corrected chi connectivity index (χ2v) is 4.57. The van der Waals surface area contributed by atoms with E-state index >= 15 is 0 Å². The van der Waals surface area contributed by atoms with Gasteiger partial charge in [-0.25, -0.2) is 0 Å². The van der Waals surface area contributed by atoms with E-state index in [1.165, 1.54) is 7.11 Å². The van der Waals surface area contributed by atoms with E-state index in [0.717, 1.165) is 25.8 Å². The van der Waals surface area contributed by atoms with Crippen LogP contribution in [0.4, 0.5) is 0 Å². The molecule has 6 heteroatoms. The van der Waals surface area contributed by atoms with E-state index in [9.17, 15) is 9.90 Å². The standard InChI is InChI=1S/C11H19NO5/c1-16-11(15)9-7-4-2-3-5-12(7)17-10(9)8(14)6-13/h7-10,13-14H,2-6H2,1H3/t7-,8-,9-,10+/m1/s1. The molecule has 2 N–H and O–H groups in total. The Labute approximate surface area is 100 Å². The molecule has 2 rings (SSSR count). The molecule has 0 aromatic rings. The Hall–Kier alpha value is -0.690. The molecular formula is C11H19NO5. The fraction of sp³-hybridized carbons (Fsp3) is 0.909. The summed E-state index contributed by atoms with van der Waals surface area (Å²) in [6, 6.07) is -0.0394. The van der Waals surface area contributed by atoms with Crippen molar-refractivity contribution in [3.05, 3.63) is 0 Å². The SMILES string of the molecule is COC(=O)[C@H]1[C@H]([C@H](O)CO)ON2CCCC[C@H]12. The lowest BCUT2D eigenvalue weighted by molar-refractivity contribution is -0.197. The zero-order chi connectivity index (χ0) is 12.4. The lowest BCUT2D eigenvalue weighted by Gasteiger charge is -2.28. The molecule has 2 aliphatic heterocycles. The number of nitrogens with zero attached hydrogens (tertiary/aromatic N) is 1. The number of aliphatic hydroxyl groups is 2. The molecule has 98 valence electrons. The minimum atomic E-state index is -1.05. The first-order valence-electron chi connectivity index (χ1n) is 5.99. The van der Waals surface area contributed by atoms with E-state index < -0.39 is 24.7 Å². The van der Waals surface area contributed by atoms with E-state index in [1.807, 2.05) is 0 Å². The van der Waals surface area contributed by atoms with Gasteiger partial charge in [0.05, 0.1) is 19.8 Å². The van der Waals surface area contributed by atoms with Crippen LogP contribution in [0, 0.1) is 5.92 Å². The van der Waals surface area contributed by atoms with Crippen molar-refractivity contribution >= 4 is 5.97 Å². The van der Waals surface area contributed by atoms with Crippen LogP contribution in [0.3, 0.4) is 0 Å². The lowest BCUT2D eigenvalue weighted by Crippen LogP contribution is -2.42. The monoisotopic (exact) mass is 245 g/mol. The highest BCUT2D eigenvalue weighted by molar-refractivity contribution is 5.74. The van der Waals surface area contributed by atoms with Crippen molar-refractivity contribution in [3.8, 4) is 0 Å². The molecule has 0 aliphatic carbocycles. The Morgan fingerprint density at radius 2 is 2.35 bits per heavy atom. The van der Waals surface area contributed by atoms with Gasteiger partial charge in [-0.2, -0.15) is 5.06 Å². The fourth-order valence-electron chi connectivity index (χ4n) is 2.70. The molecule has 2 aliphatic rings. The first-order chi connectivity index (χ1) is 8.19. The third kappa shape index (κ3) is 2.30. The highest BCUT2D eigenvalue weighted by Gasteiger charge is 2.51. The van der Waals surface area contributed by atoms with Gasteiger partial charge in [0, 0.05) is 6.54 Å². The molecule has 0 bridgehead atoms. The molecular weight excluding hydrogens is 226 g/mol. The fourth-order valence-corrected chi connectivity index (χ4v) is 2.70. The predicted octanol–water partition coefficient (Wildman–Crippen LogP) is -0.703. The minimum absolute atomic E-state index is 0.0394. The first kappa shape index (κ1) is 12.8. The first-order valence-corrected chi connectivity index (χ1v) is 5.99. The Kier molecular flexibility index (Phi) is 3.98. The van der Waals surface area contributed by atoms with Crippen LogP contribution in [0.25, 0.3) is 0 Å².